The van der Waals surface area contributed by atoms with E-state index < -0.39 is 11.7 Å². The second-order valence-corrected chi connectivity index (χ2v) is 7.21. The molecule has 0 aliphatic carbocycles. The third kappa shape index (κ3) is 6.12. The van der Waals surface area contributed by atoms with Gasteiger partial charge in [-0.25, -0.2) is 0 Å². The maximum Gasteiger partial charge on any atom is 0.416 e. The lowest BCUT2D eigenvalue weighted by molar-refractivity contribution is -0.137. The molecule has 0 bridgehead atoms. The predicted octanol–water partition coefficient (Wildman–Crippen LogP) is 6.74. The first-order chi connectivity index (χ1) is 16.4. The highest BCUT2D eigenvalue weighted by Crippen LogP contribution is 2.31. The molecular weight excluding hydrogens is 447 g/mol. The minimum absolute atomic E-state index is 0.0400. The number of azo groups is 1. The van der Waals surface area contributed by atoms with Crippen molar-refractivity contribution < 1.29 is 22.4 Å². The van der Waals surface area contributed by atoms with Gasteiger partial charge >= 0.3 is 6.18 Å². The number of amides is 1. The predicted molar refractivity (Wildman–Crippen MR) is 119 cm³/mol. The molecular formula is C24H18F3N5O2. The Balaban J connectivity index is 1.30. The van der Waals surface area contributed by atoms with E-state index in [1.165, 1.54) is 12.1 Å². The molecule has 0 aliphatic rings. The lowest BCUT2D eigenvalue weighted by Crippen LogP contribution is -2.12. The van der Waals surface area contributed by atoms with Gasteiger partial charge in [0.2, 0.25) is 17.7 Å². The van der Waals surface area contributed by atoms with Crippen LogP contribution in [0.25, 0.3) is 11.5 Å². The molecule has 34 heavy (non-hydrogen) atoms. The summed E-state index contributed by atoms with van der Waals surface area (Å²) in [6.07, 6.45) is -4.28. The summed E-state index contributed by atoms with van der Waals surface area (Å²) in [5.74, 6) is -0.168. The molecule has 4 rings (SSSR count). The van der Waals surface area contributed by atoms with Crippen LogP contribution in [0.15, 0.2) is 93.5 Å². The first kappa shape index (κ1) is 22.8. The van der Waals surface area contributed by atoms with Gasteiger partial charge in [0, 0.05) is 24.1 Å². The summed E-state index contributed by atoms with van der Waals surface area (Å²) in [6, 6.07) is 20.8. The summed E-state index contributed by atoms with van der Waals surface area (Å²) in [4.78, 5) is 12.2. The Bertz CT molecular complexity index is 1290. The number of benzene rings is 3. The van der Waals surface area contributed by atoms with Crippen LogP contribution in [0.2, 0.25) is 0 Å². The van der Waals surface area contributed by atoms with Gasteiger partial charge < -0.3 is 9.73 Å². The van der Waals surface area contributed by atoms with Crippen molar-refractivity contribution in [3.63, 3.8) is 0 Å². The molecule has 1 aromatic heterocycles. The topological polar surface area (TPSA) is 92.7 Å². The normalized spacial score (nSPS) is 11.6. The molecule has 1 N–H and O–H groups in total. The van der Waals surface area contributed by atoms with Crippen LogP contribution in [0, 0.1) is 0 Å². The van der Waals surface area contributed by atoms with Crippen LogP contribution in [-0.4, -0.2) is 16.1 Å². The summed E-state index contributed by atoms with van der Waals surface area (Å²) in [6.45, 7) is 0. The summed E-state index contributed by atoms with van der Waals surface area (Å²) in [7, 11) is 0. The third-order valence-electron chi connectivity index (χ3n) is 4.66. The second kappa shape index (κ2) is 10.1. The van der Waals surface area contributed by atoms with E-state index in [0.29, 0.717) is 11.4 Å². The molecule has 0 saturated heterocycles. The highest BCUT2D eigenvalue weighted by Gasteiger charge is 2.30. The lowest BCUT2D eigenvalue weighted by Gasteiger charge is -2.06. The van der Waals surface area contributed by atoms with Crippen molar-refractivity contribution in [2.24, 2.45) is 10.2 Å². The number of halogens is 3. The van der Waals surface area contributed by atoms with Gasteiger partial charge in [0.25, 0.3) is 0 Å². The molecule has 0 spiro atoms. The molecule has 10 heteroatoms. The Morgan fingerprint density at radius 2 is 1.59 bits per heavy atom. The van der Waals surface area contributed by atoms with Gasteiger partial charge in [-0.2, -0.15) is 23.4 Å². The molecule has 0 saturated carbocycles. The lowest BCUT2D eigenvalue weighted by atomic mass is 10.1. The van der Waals surface area contributed by atoms with Gasteiger partial charge in [-0.3, -0.25) is 4.79 Å². The van der Waals surface area contributed by atoms with Crippen LogP contribution in [0.4, 0.5) is 30.2 Å². The van der Waals surface area contributed by atoms with Gasteiger partial charge in [-0.05, 0) is 54.6 Å². The monoisotopic (exact) mass is 465 g/mol. The fourth-order valence-electron chi connectivity index (χ4n) is 2.97. The van der Waals surface area contributed by atoms with Crippen molar-refractivity contribution in [1.29, 1.82) is 0 Å². The number of anilines is 1. The average Bonchev–Trinajstić information content (AvgIpc) is 3.32. The summed E-state index contributed by atoms with van der Waals surface area (Å²) >= 11 is 0. The Labute approximate surface area is 192 Å². The Morgan fingerprint density at radius 1 is 0.882 bits per heavy atom. The average molecular weight is 465 g/mol. The number of nitrogens with one attached hydrogen (secondary N) is 1. The molecule has 0 atom stereocenters. The number of carbonyl (C=O) groups excluding carboxylic acids is 1. The number of carbonyl (C=O) groups is 1. The highest BCUT2D eigenvalue weighted by molar-refractivity contribution is 5.90. The largest absolute Gasteiger partial charge is 0.421 e. The molecule has 4 aromatic rings. The van der Waals surface area contributed by atoms with E-state index in [0.717, 1.165) is 17.8 Å². The number of rotatable bonds is 7. The van der Waals surface area contributed by atoms with E-state index in [2.05, 4.69) is 25.7 Å². The van der Waals surface area contributed by atoms with E-state index >= 15 is 0 Å². The number of hydrogen-bond acceptors (Lipinski definition) is 6. The maximum absolute atomic E-state index is 12.9. The number of alkyl halides is 3. The zero-order valence-electron chi connectivity index (χ0n) is 17.7. The summed E-state index contributed by atoms with van der Waals surface area (Å²) in [5.41, 5.74) is 1.30. The molecule has 172 valence electrons. The smallest absolute Gasteiger partial charge is 0.416 e. The summed E-state index contributed by atoms with van der Waals surface area (Å²) < 4.78 is 44.1. The molecule has 7 nitrogen and oxygen atoms in total. The zero-order valence-corrected chi connectivity index (χ0v) is 17.7. The van der Waals surface area contributed by atoms with Crippen LogP contribution >= 0.6 is 0 Å². The third-order valence-corrected chi connectivity index (χ3v) is 4.66. The highest BCUT2D eigenvalue weighted by atomic mass is 19.4. The van der Waals surface area contributed by atoms with E-state index in [-0.39, 0.29) is 36.1 Å². The van der Waals surface area contributed by atoms with E-state index in [1.807, 2.05) is 30.3 Å². The Hall–Kier alpha value is -4.34. The fourth-order valence-corrected chi connectivity index (χ4v) is 2.97. The van der Waals surface area contributed by atoms with Crippen molar-refractivity contribution in [3.05, 3.63) is 90.3 Å². The molecule has 1 amide bonds. The van der Waals surface area contributed by atoms with E-state index in [9.17, 15) is 18.0 Å². The number of aryl methyl sites for hydroxylation is 1. The first-order valence-electron chi connectivity index (χ1n) is 10.2. The van der Waals surface area contributed by atoms with Gasteiger partial charge in [0.05, 0.1) is 16.9 Å². The van der Waals surface area contributed by atoms with Crippen LogP contribution in [0.3, 0.4) is 0 Å². The van der Waals surface area contributed by atoms with E-state index in [4.69, 9.17) is 4.42 Å². The molecule has 0 aliphatic heterocycles. The van der Waals surface area contributed by atoms with Crippen LogP contribution in [-0.2, 0) is 17.4 Å². The van der Waals surface area contributed by atoms with Crippen molar-refractivity contribution in [3.8, 4) is 11.5 Å². The van der Waals surface area contributed by atoms with E-state index in [1.54, 1.807) is 24.3 Å². The van der Waals surface area contributed by atoms with Crippen LogP contribution in [0.1, 0.15) is 17.9 Å². The van der Waals surface area contributed by atoms with Gasteiger partial charge in [-0.1, -0.05) is 24.3 Å². The molecule has 0 fully saturated rings. The second-order valence-electron chi connectivity index (χ2n) is 7.21. The molecule has 0 unspecified atom stereocenters. The van der Waals surface area contributed by atoms with Crippen LogP contribution < -0.4 is 5.32 Å². The van der Waals surface area contributed by atoms with Crippen molar-refractivity contribution in [2.45, 2.75) is 19.0 Å². The fraction of sp³-hybridized carbons (Fsp3) is 0.125. The van der Waals surface area contributed by atoms with Crippen molar-refractivity contribution in [1.82, 2.24) is 10.2 Å². The van der Waals surface area contributed by atoms with Crippen molar-refractivity contribution >= 4 is 23.0 Å². The Morgan fingerprint density at radius 3 is 2.29 bits per heavy atom. The molecule has 0 radical (unpaired) electrons. The minimum atomic E-state index is -4.47. The van der Waals surface area contributed by atoms with Gasteiger partial charge in [0.15, 0.2) is 0 Å². The van der Waals surface area contributed by atoms with Crippen molar-refractivity contribution in [2.75, 3.05) is 5.32 Å². The number of nitrogens with zero attached hydrogens (tertiary/aromatic N) is 4. The SMILES string of the molecule is O=C(CCc1nnc(-c2cccc(C(F)(F)F)c2)o1)Nc1ccc(N=Nc2ccccc2)cc1. The first-order valence-corrected chi connectivity index (χ1v) is 10.2. The molecule has 1 heterocycles. The maximum atomic E-state index is 12.9. The number of hydrogen-bond donors (Lipinski definition) is 1. The van der Waals surface area contributed by atoms with Crippen LogP contribution in [0.5, 0.6) is 0 Å². The molecule has 3 aromatic carbocycles. The number of aromatic nitrogens is 2. The Kier molecular flexibility index (Phi) is 6.77. The minimum Gasteiger partial charge on any atom is -0.421 e. The van der Waals surface area contributed by atoms with Gasteiger partial charge in [-0.15, -0.1) is 10.2 Å². The zero-order chi connectivity index (χ0) is 24.0. The quantitative estimate of drug-likeness (QED) is 0.306. The summed E-state index contributed by atoms with van der Waals surface area (Å²) in [5, 5.41) is 18.6. The van der Waals surface area contributed by atoms with Gasteiger partial charge in [0.1, 0.15) is 0 Å². The standard InChI is InChI=1S/C24H18F3N5O2/c25-24(26,27)17-6-4-5-16(15-17)23-32-31-22(34-23)14-13-21(33)28-18-9-11-20(12-10-18)30-29-19-7-2-1-3-8-19/h1-12,15H,13-14H2,(H,28,33).